The van der Waals surface area contributed by atoms with Crippen LogP contribution in [0, 0.1) is 0 Å². The number of thiazole rings is 1. The minimum absolute atomic E-state index is 0.449. The monoisotopic (exact) mass is 383 g/mol. The first-order valence-corrected chi connectivity index (χ1v) is 10.00. The molecule has 0 bridgehead atoms. The van der Waals surface area contributed by atoms with Crippen LogP contribution in [0.25, 0.3) is 11.5 Å². The van der Waals surface area contributed by atoms with Gasteiger partial charge in [-0.15, -0.1) is 11.3 Å². The minimum Gasteiger partial charge on any atom is -0.444 e. The van der Waals surface area contributed by atoms with Crippen LogP contribution in [0.4, 0.5) is 0 Å². The molecule has 0 atom stereocenters. The molecule has 0 saturated heterocycles. The molecule has 2 N–H and O–H groups in total. The summed E-state index contributed by atoms with van der Waals surface area (Å²) in [5, 5.41) is 9.76. The van der Waals surface area contributed by atoms with Crippen molar-refractivity contribution in [2.45, 2.75) is 39.8 Å². The summed E-state index contributed by atoms with van der Waals surface area (Å²) in [6, 6.07) is 9.87. The van der Waals surface area contributed by atoms with E-state index in [2.05, 4.69) is 44.8 Å². The Morgan fingerprint density at radius 1 is 1.15 bits per heavy atom. The lowest BCUT2D eigenvalue weighted by atomic mass is 10.2. The molecule has 0 radical (unpaired) electrons. The highest BCUT2D eigenvalue weighted by molar-refractivity contribution is 7.09. The van der Waals surface area contributed by atoms with Crippen molar-refractivity contribution < 1.29 is 4.42 Å². The fourth-order valence-corrected chi connectivity index (χ4v) is 3.26. The lowest BCUT2D eigenvalue weighted by Gasteiger charge is -2.09. The van der Waals surface area contributed by atoms with Crippen LogP contribution in [-0.2, 0) is 13.1 Å². The van der Waals surface area contributed by atoms with Crippen molar-refractivity contribution in [3.8, 4) is 11.5 Å². The fourth-order valence-electron chi connectivity index (χ4n) is 2.44. The first-order valence-electron chi connectivity index (χ1n) is 9.12. The number of aliphatic imine (C=N–C) groups is 1. The van der Waals surface area contributed by atoms with Crippen molar-refractivity contribution in [1.29, 1.82) is 0 Å². The Labute approximate surface area is 163 Å². The number of rotatable bonds is 7. The van der Waals surface area contributed by atoms with E-state index in [-0.39, 0.29) is 0 Å². The summed E-state index contributed by atoms with van der Waals surface area (Å²) in [7, 11) is 0. The van der Waals surface area contributed by atoms with E-state index in [1.165, 1.54) is 0 Å². The third-order valence-electron chi connectivity index (χ3n) is 3.82. The van der Waals surface area contributed by atoms with Crippen LogP contribution in [0.1, 0.15) is 43.1 Å². The Hall–Kier alpha value is -2.67. The molecule has 0 aliphatic rings. The molecule has 1 aromatic carbocycles. The molecule has 2 heterocycles. The number of oxazole rings is 1. The number of nitrogens with zero attached hydrogens (tertiary/aromatic N) is 3. The average molecular weight is 384 g/mol. The smallest absolute Gasteiger partial charge is 0.226 e. The molecule has 0 unspecified atom stereocenters. The van der Waals surface area contributed by atoms with Crippen LogP contribution in [0.2, 0.25) is 0 Å². The van der Waals surface area contributed by atoms with Crippen molar-refractivity contribution in [2.24, 2.45) is 4.99 Å². The van der Waals surface area contributed by atoms with Gasteiger partial charge in [-0.05, 0) is 19.1 Å². The van der Waals surface area contributed by atoms with Gasteiger partial charge in [-0.25, -0.2) is 15.0 Å². The highest BCUT2D eigenvalue weighted by Crippen LogP contribution is 2.19. The molecule has 0 amide bonds. The second-order valence-corrected chi connectivity index (χ2v) is 7.28. The van der Waals surface area contributed by atoms with Crippen molar-refractivity contribution in [3.63, 3.8) is 0 Å². The quantitative estimate of drug-likeness (QED) is 0.473. The van der Waals surface area contributed by atoms with Gasteiger partial charge in [0.05, 0.1) is 29.5 Å². The molecular weight excluding hydrogens is 358 g/mol. The summed E-state index contributed by atoms with van der Waals surface area (Å²) >= 11 is 1.69. The SMILES string of the molecule is CCNC(=NCc1csc(C(C)C)n1)NCc1coc(-c2ccccc2)n1. The Morgan fingerprint density at radius 3 is 2.67 bits per heavy atom. The van der Waals surface area contributed by atoms with Crippen molar-refractivity contribution in [3.05, 3.63) is 58.4 Å². The maximum atomic E-state index is 5.58. The van der Waals surface area contributed by atoms with E-state index in [1.54, 1.807) is 17.6 Å². The van der Waals surface area contributed by atoms with Crippen LogP contribution in [0.15, 0.2) is 51.4 Å². The first-order chi connectivity index (χ1) is 13.2. The maximum absolute atomic E-state index is 5.58. The van der Waals surface area contributed by atoms with Crippen LogP contribution in [0.5, 0.6) is 0 Å². The average Bonchev–Trinajstić information content (AvgIpc) is 3.34. The van der Waals surface area contributed by atoms with E-state index in [1.807, 2.05) is 37.3 Å². The molecule has 0 aliphatic carbocycles. The van der Waals surface area contributed by atoms with Gasteiger partial charge in [0, 0.05) is 23.4 Å². The summed E-state index contributed by atoms with van der Waals surface area (Å²) < 4.78 is 5.58. The predicted molar refractivity (Wildman–Crippen MR) is 110 cm³/mol. The normalized spacial score (nSPS) is 11.8. The number of aromatic nitrogens is 2. The van der Waals surface area contributed by atoms with Crippen LogP contribution in [0.3, 0.4) is 0 Å². The predicted octanol–water partition coefficient (Wildman–Crippen LogP) is 4.18. The second-order valence-electron chi connectivity index (χ2n) is 6.39. The first kappa shape index (κ1) is 19.1. The standard InChI is InChI=1S/C20H25N5OS/c1-4-21-20(23-11-17-13-27-19(25-17)14(2)3)22-10-16-12-26-18(24-16)15-8-6-5-7-9-15/h5-9,12-14H,4,10-11H2,1-3H3,(H2,21,22,23). The number of hydrogen-bond donors (Lipinski definition) is 2. The van der Waals surface area contributed by atoms with Gasteiger partial charge in [0.2, 0.25) is 5.89 Å². The van der Waals surface area contributed by atoms with Gasteiger partial charge in [0.15, 0.2) is 5.96 Å². The van der Waals surface area contributed by atoms with Crippen molar-refractivity contribution in [1.82, 2.24) is 20.6 Å². The molecule has 142 valence electrons. The Balaban J connectivity index is 1.60. The summed E-state index contributed by atoms with van der Waals surface area (Å²) in [5.41, 5.74) is 2.79. The molecule has 6 nitrogen and oxygen atoms in total. The molecular formula is C20H25N5OS. The van der Waals surface area contributed by atoms with E-state index in [4.69, 9.17) is 4.42 Å². The van der Waals surface area contributed by atoms with Gasteiger partial charge in [0.1, 0.15) is 6.26 Å². The fraction of sp³-hybridized carbons (Fsp3) is 0.350. The van der Waals surface area contributed by atoms with Gasteiger partial charge in [-0.2, -0.15) is 0 Å². The zero-order valence-electron chi connectivity index (χ0n) is 15.9. The summed E-state index contributed by atoms with van der Waals surface area (Å²) in [4.78, 5) is 13.8. The van der Waals surface area contributed by atoms with Gasteiger partial charge in [-0.1, -0.05) is 32.0 Å². The molecule has 0 fully saturated rings. The number of guanidine groups is 1. The minimum atomic E-state index is 0.449. The van der Waals surface area contributed by atoms with Crippen molar-refractivity contribution in [2.75, 3.05) is 6.54 Å². The Bertz CT molecular complexity index is 869. The van der Waals surface area contributed by atoms with E-state index >= 15 is 0 Å². The molecule has 7 heteroatoms. The Kier molecular flexibility index (Phi) is 6.59. The Morgan fingerprint density at radius 2 is 1.96 bits per heavy atom. The summed E-state index contributed by atoms with van der Waals surface area (Å²) in [6.45, 7) is 8.22. The van der Waals surface area contributed by atoms with Gasteiger partial charge in [-0.3, -0.25) is 0 Å². The topological polar surface area (TPSA) is 75.3 Å². The van der Waals surface area contributed by atoms with Crippen LogP contribution < -0.4 is 10.6 Å². The molecule has 3 rings (SSSR count). The third-order valence-corrected chi connectivity index (χ3v) is 5.01. The zero-order valence-corrected chi connectivity index (χ0v) is 16.7. The van der Waals surface area contributed by atoms with E-state index in [0.717, 1.165) is 34.5 Å². The highest BCUT2D eigenvalue weighted by Gasteiger charge is 2.08. The highest BCUT2D eigenvalue weighted by atomic mass is 32.1. The van der Waals surface area contributed by atoms with E-state index in [0.29, 0.717) is 24.9 Å². The van der Waals surface area contributed by atoms with Crippen LogP contribution >= 0.6 is 11.3 Å². The van der Waals surface area contributed by atoms with Gasteiger partial charge >= 0.3 is 0 Å². The summed E-state index contributed by atoms with van der Waals surface area (Å²) in [6.07, 6.45) is 1.67. The molecule has 0 spiro atoms. The largest absolute Gasteiger partial charge is 0.444 e. The maximum Gasteiger partial charge on any atom is 0.226 e. The molecule has 0 aliphatic heterocycles. The number of benzene rings is 1. The summed E-state index contributed by atoms with van der Waals surface area (Å²) in [5.74, 6) is 1.81. The lowest BCUT2D eigenvalue weighted by Crippen LogP contribution is -2.36. The second kappa shape index (κ2) is 9.32. The van der Waals surface area contributed by atoms with Gasteiger partial charge < -0.3 is 15.1 Å². The third kappa shape index (κ3) is 5.40. The number of hydrogen-bond acceptors (Lipinski definition) is 5. The van der Waals surface area contributed by atoms with Crippen LogP contribution in [-0.4, -0.2) is 22.5 Å². The molecule has 2 aromatic heterocycles. The van der Waals surface area contributed by atoms with Gasteiger partial charge in [0.25, 0.3) is 0 Å². The zero-order chi connectivity index (χ0) is 19.1. The molecule has 27 heavy (non-hydrogen) atoms. The number of nitrogens with one attached hydrogen (secondary N) is 2. The molecule has 3 aromatic rings. The van der Waals surface area contributed by atoms with Crippen molar-refractivity contribution >= 4 is 17.3 Å². The van der Waals surface area contributed by atoms with E-state index < -0.39 is 0 Å². The van der Waals surface area contributed by atoms with E-state index in [9.17, 15) is 0 Å². The lowest BCUT2D eigenvalue weighted by molar-refractivity contribution is 0.572. The molecule has 0 saturated carbocycles.